The molecular weight excluding hydrogens is 414 g/mol. The summed E-state index contributed by atoms with van der Waals surface area (Å²) in [5.41, 5.74) is 3.08. The average molecular weight is 442 g/mol. The van der Waals surface area contributed by atoms with Crippen molar-refractivity contribution in [1.82, 2.24) is 10.2 Å². The van der Waals surface area contributed by atoms with Crippen LogP contribution in [0, 0.1) is 11.3 Å². The van der Waals surface area contributed by atoms with Gasteiger partial charge in [-0.3, -0.25) is 9.69 Å². The lowest BCUT2D eigenvalue weighted by molar-refractivity contribution is 0.0332. The number of nitrogens with one attached hydrogen (secondary N) is 1. The van der Waals surface area contributed by atoms with E-state index in [9.17, 15) is 10.1 Å². The van der Waals surface area contributed by atoms with Gasteiger partial charge >= 0.3 is 0 Å². The number of amides is 1. The first kappa shape index (κ1) is 22.5. The van der Waals surface area contributed by atoms with Crippen LogP contribution in [0.15, 0.2) is 78.9 Å². The van der Waals surface area contributed by atoms with Crippen molar-refractivity contribution in [2.24, 2.45) is 0 Å². The Labute approximate surface area is 194 Å². The third-order valence-corrected chi connectivity index (χ3v) is 5.70. The molecule has 1 amide bonds. The Balaban J connectivity index is 1.40. The zero-order valence-electron chi connectivity index (χ0n) is 18.4. The Kier molecular flexibility index (Phi) is 7.70. The van der Waals surface area contributed by atoms with Crippen LogP contribution in [-0.4, -0.2) is 43.7 Å². The van der Waals surface area contributed by atoms with E-state index in [1.807, 2.05) is 48.5 Å². The number of nitriles is 1. The topological polar surface area (TPSA) is 74.6 Å². The first-order chi connectivity index (χ1) is 16.2. The van der Waals surface area contributed by atoms with E-state index in [2.05, 4.69) is 16.3 Å². The summed E-state index contributed by atoms with van der Waals surface area (Å²) in [6, 6.07) is 26.5. The molecule has 0 aromatic heterocycles. The first-order valence-electron chi connectivity index (χ1n) is 11.1. The van der Waals surface area contributed by atoms with Crippen molar-refractivity contribution < 1.29 is 14.3 Å². The Morgan fingerprint density at radius 3 is 2.42 bits per heavy atom. The highest BCUT2D eigenvalue weighted by Gasteiger charge is 2.20. The summed E-state index contributed by atoms with van der Waals surface area (Å²) in [6.45, 7) is 4.19. The SMILES string of the molecule is N#Cc1ccccc1COc1ccc(C(=O)NC(CN2CCOCC2)c2ccccc2)cc1. The van der Waals surface area contributed by atoms with E-state index in [0.29, 0.717) is 23.5 Å². The van der Waals surface area contributed by atoms with Gasteiger partial charge < -0.3 is 14.8 Å². The molecular formula is C27H27N3O3. The Bertz CT molecular complexity index is 1090. The van der Waals surface area contributed by atoms with E-state index in [1.54, 1.807) is 30.3 Å². The minimum absolute atomic E-state index is 0.116. The summed E-state index contributed by atoms with van der Waals surface area (Å²) in [5, 5.41) is 12.4. The maximum absolute atomic E-state index is 13.0. The maximum atomic E-state index is 13.0. The molecule has 1 heterocycles. The molecule has 1 saturated heterocycles. The highest BCUT2D eigenvalue weighted by atomic mass is 16.5. The van der Waals surface area contributed by atoms with E-state index in [1.165, 1.54) is 0 Å². The number of benzene rings is 3. The van der Waals surface area contributed by atoms with Crippen molar-refractivity contribution in [1.29, 1.82) is 5.26 Å². The zero-order valence-corrected chi connectivity index (χ0v) is 18.4. The molecule has 1 N–H and O–H groups in total. The summed E-state index contributed by atoms with van der Waals surface area (Å²) in [4.78, 5) is 15.3. The van der Waals surface area contributed by atoms with Gasteiger partial charge in [-0.25, -0.2) is 0 Å². The lowest BCUT2D eigenvalue weighted by Crippen LogP contribution is -2.43. The number of hydrogen-bond donors (Lipinski definition) is 1. The van der Waals surface area contributed by atoms with Gasteiger partial charge in [0.1, 0.15) is 12.4 Å². The number of ether oxygens (including phenoxy) is 2. The molecule has 0 radical (unpaired) electrons. The van der Waals surface area contributed by atoms with Crippen LogP contribution >= 0.6 is 0 Å². The molecule has 3 aromatic rings. The van der Waals surface area contributed by atoms with Crippen LogP contribution in [0.1, 0.15) is 33.1 Å². The van der Waals surface area contributed by atoms with Gasteiger partial charge in [0.25, 0.3) is 5.91 Å². The van der Waals surface area contributed by atoms with E-state index >= 15 is 0 Å². The number of morpholine rings is 1. The molecule has 168 valence electrons. The van der Waals surface area contributed by atoms with Crippen LogP contribution in [0.25, 0.3) is 0 Å². The second-order valence-corrected chi connectivity index (χ2v) is 7.93. The fourth-order valence-corrected chi connectivity index (χ4v) is 3.82. The second kappa shape index (κ2) is 11.3. The van der Waals surface area contributed by atoms with Crippen LogP contribution in [0.2, 0.25) is 0 Å². The van der Waals surface area contributed by atoms with Crippen molar-refractivity contribution in [3.05, 3.63) is 101 Å². The summed E-state index contributed by atoms with van der Waals surface area (Å²) in [7, 11) is 0. The lowest BCUT2D eigenvalue weighted by atomic mass is 10.1. The predicted octanol–water partition coefficient (Wildman–Crippen LogP) is 3.94. The highest BCUT2D eigenvalue weighted by Crippen LogP contribution is 2.19. The van der Waals surface area contributed by atoms with Crippen LogP contribution in [-0.2, 0) is 11.3 Å². The van der Waals surface area contributed by atoms with Gasteiger partial charge in [0.15, 0.2) is 0 Å². The third-order valence-electron chi connectivity index (χ3n) is 5.70. The number of carbonyl (C=O) groups is 1. The number of rotatable bonds is 8. The van der Waals surface area contributed by atoms with Crippen LogP contribution in [0.3, 0.4) is 0 Å². The smallest absolute Gasteiger partial charge is 0.251 e. The fraction of sp³-hybridized carbons (Fsp3) is 0.259. The quantitative estimate of drug-likeness (QED) is 0.573. The summed E-state index contributed by atoms with van der Waals surface area (Å²) in [6.07, 6.45) is 0. The predicted molar refractivity (Wildman–Crippen MR) is 126 cm³/mol. The minimum atomic E-state index is -0.126. The van der Waals surface area contributed by atoms with Crippen LogP contribution in [0.4, 0.5) is 0 Å². The van der Waals surface area contributed by atoms with Crippen LogP contribution in [0.5, 0.6) is 5.75 Å². The molecule has 1 aliphatic rings. The molecule has 1 fully saturated rings. The monoisotopic (exact) mass is 441 g/mol. The van der Waals surface area contributed by atoms with Crippen molar-refractivity contribution in [3.63, 3.8) is 0 Å². The summed E-state index contributed by atoms with van der Waals surface area (Å²) >= 11 is 0. The molecule has 0 bridgehead atoms. The molecule has 6 nitrogen and oxygen atoms in total. The standard InChI is InChI=1S/C27H27N3O3/c28-18-23-8-4-5-9-24(23)20-33-25-12-10-22(11-13-25)27(31)29-26(21-6-2-1-3-7-21)19-30-14-16-32-17-15-30/h1-13,26H,14-17,19-20H2,(H,29,31). The fourth-order valence-electron chi connectivity index (χ4n) is 3.82. The van der Waals surface area contributed by atoms with Crippen molar-refractivity contribution in [2.75, 3.05) is 32.8 Å². The molecule has 33 heavy (non-hydrogen) atoms. The third kappa shape index (κ3) is 6.19. The van der Waals surface area contributed by atoms with E-state index in [0.717, 1.165) is 44.0 Å². The van der Waals surface area contributed by atoms with Gasteiger partial charge in [-0.05, 0) is 35.9 Å². The van der Waals surface area contributed by atoms with Gasteiger partial charge in [-0.1, -0.05) is 48.5 Å². The minimum Gasteiger partial charge on any atom is -0.489 e. The van der Waals surface area contributed by atoms with Gasteiger partial charge in [0, 0.05) is 30.8 Å². The Morgan fingerprint density at radius 2 is 1.70 bits per heavy atom. The Hall–Kier alpha value is -3.66. The molecule has 1 aliphatic heterocycles. The maximum Gasteiger partial charge on any atom is 0.251 e. The van der Waals surface area contributed by atoms with E-state index in [4.69, 9.17) is 9.47 Å². The number of nitrogens with zero attached hydrogens (tertiary/aromatic N) is 2. The van der Waals surface area contributed by atoms with Crippen molar-refractivity contribution in [2.45, 2.75) is 12.6 Å². The molecule has 0 saturated carbocycles. The number of carbonyl (C=O) groups excluding carboxylic acids is 1. The van der Waals surface area contributed by atoms with Crippen LogP contribution < -0.4 is 10.1 Å². The zero-order chi connectivity index (χ0) is 22.9. The summed E-state index contributed by atoms with van der Waals surface area (Å²) < 4.78 is 11.3. The first-order valence-corrected chi connectivity index (χ1v) is 11.1. The van der Waals surface area contributed by atoms with Gasteiger partial charge in [-0.15, -0.1) is 0 Å². The molecule has 0 aliphatic carbocycles. The average Bonchev–Trinajstić information content (AvgIpc) is 2.88. The van der Waals surface area contributed by atoms with Gasteiger partial charge in [0.2, 0.25) is 0 Å². The van der Waals surface area contributed by atoms with E-state index in [-0.39, 0.29) is 11.9 Å². The normalized spacial score (nSPS) is 14.8. The molecule has 3 aromatic carbocycles. The molecule has 4 rings (SSSR count). The molecule has 1 unspecified atom stereocenters. The number of hydrogen-bond acceptors (Lipinski definition) is 5. The molecule has 6 heteroatoms. The van der Waals surface area contributed by atoms with Gasteiger partial charge in [-0.2, -0.15) is 5.26 Å². The summed E-state index contributed by atoms with van der Waals surface area (Å²) in [5.74, 6) is 0.519. The second-order valence-electron chi connectivity index (χ2n) is 7.93. The van der Waals surface area contributed by atoms with Crippen molar-refractivity contribution >= 4 is 5.91 Å². The lowest BCUT2D eigenvalue weighted by Gasteiger charge is -2.31. The highest BCUT2D eigenvalue weighted by molar-refractivity contribution is 5.94. The van der Waals surface area contributed by atoms with Crippen molar-refractivity contribution in [3.8, 4) is 11.8 Å². The molecule has 1 atom stereocenters. The van der Waals surface area contributed by atoms with E-state index < -0.39 is 0 Å². The largest absolute Gasteiger partial charge is 0.489 e. The molecule has 0 spiro atoms. The Morgan fingerprint density at radius 1 is 1.00 bits per heavy atom. The van der Waals surface area contributed by atoms with Gasteiger partial charge in [0.05, 0.1) is 30.9 Å².